The predicted octanol–water partition coefficient (Wildman–Crippen LogP) is 2.41. The Kier molecular flexibility index (Phi) is 3.95. The van der Waals surface area contributed by atoms with Gasteiger partial charge in [-0.25, -0.2) is 4.68 Å². The first-order valence-electron chi connectivity index (χ1n) is 7.33. The van der Waals surface area contributed by atoms with E-state index in [2.05, 4.69) is 15.4 Å². The molecule has 0 radical (unpaired) electrons. The van der Waals surface area contributed by atoms with Crippen molar-refractivity contribution in [1.82, 2.24) is 14.8 Å². The fraction of sp³-hybridized carbons (Fsp3) is 0.400. The van der Waals surface area contributed by atoms with Crippen LogP contribution in [0.15, 0.2) is 18.2 Å². The third kappa shape index (κ3) is 2.74. The van der Waals surface area contributed by atoms with Gasteiger partial charge < -0.3 is 15.0 Å². The molecule has 0 saturated heterocycles. The third-order valence-electron chi connectivity index (χ3n) is 3.78. The highest BCUT2D eigenvalue weighted by Crippen LogP contribution is 2.31. The molecular formula is C15H20N6O. The average Bonchev–Trinajstić information content (AvgIpc) is 2.96. The van der Waals surface area contributed by atoms with Crippen LogP contribution in [-0.4, -0.2) is 35.3 Å². The van der Waals surface area contributed by atoms with E-state index in [0.29, 0.717) is 11.7 Å². The van der Waals surface area contributed by atoms with Gasteiger partial charge >= 0.3 is 0 Å². The fourth-order valence-electron chi connectivity index (χ4n) is 2.58. The molecule has 1 aliphatic heterocycles. The lowest BCUT2D eigenvalue weighted by Crippen LogP contribution is -2.14. The maximum absolute atomic E-state index is 7.33. The fourth-order valence-corrected chi connectivity index (χ4v) is 2.58. The zero-order valence-electron chi connectivity index (χ0n) is 12.8. The number of methoxy groups -OCH3 is 1. The smallest absolute Gasteiger partial charge is 0.246 e. The summed E-state index contributed by atoms with van der Waals surface area (Å²) in [5, 5.41) is 15.0. The number of ether oxygens (including phenoxy) is 1. The van der Waals surface area contributed by atoms with Crippen LogP contribution in [0.4, 0.5) is 17.3 Å². The second-order valence-electron chi connectivity index (χ2n) is 5.28. The first-order valence-corrected chi connectivity index (χ1v) is 7.33. The van der Waals surface area contributed by atoms with Crippen LogP contribution < -0.4 is 15.0 Å². The molecule has 0 bridgehead atoms. The minimum absolute atomic E-state index is 0.618. The molecule has 7 nitrogen and oxygen atoms in total. The van der Waals surface area contributed by atoms with Gasteiger partial charge in [0.1, 0.15) is 11.6 Å². The summed E-state index contributed by atoms with van der Waals surface area (Å²) in [6, 6.07) is 5.72. The minimum atomic E-state index is 0.618. The van der Waals surface area contributed by atoms with E-state index in [-0.39, 0.29) is 0 Å². The quantitative estimate of drug-likeness (QED) is 0.655. The van der Waals surface area contributed by atoms with Crippen molar-refractivity contribution >= 4 is 23.7 Å². The van der Waals surface area contributed by atoms with Crippen molar-refractivity contribution in [2.75, 3.05) is 24.4 Å². The van der Waals surface area contributed by atoms with E-state index in [9.17, 15) is 0 Å². The van der Waals surface area contributed by atoms with Crippen molar-refractivity contribution in [3.8, 4) is 5.75 Å². The lowest BCUT2D eigenvalue weighted by Gasteiger charge is -2.17. The molecule has 1 aromatic carbocycles. The third-order valence-corrected chi connectivity index (χ3v) is 3.78. The van der Waals surface area contributed by atoms with E-state index in [1.165, 1.54) is 12.8 Å². The van der Waals surface area contributed by atoms with Gasteiger partial charge in [0.15, 0.2) is 0 Å². The Morgan fingerprint density at radius 1 is 1.41 bits per heavy atom. The Morgan fingerprint density at radius 3 is 3.00 bits per heavy atom. The molecule has 1 aromatic heterocycles. The van der Waals surface area contributed by atoms with Gasteiger partial charge in [-0.15, -0.1) is 5.10 Å². The number of nitrogens with zero attached hydrogens (tertiary/aromatic N) is 4. The Labute approximate surface area is 129 Å². The molecule has 116 valence electrons. The molecule has 0 amide bonds. The molecule has 2 heterocycles. The lowest BCUT2D eigenvalue weighted by atomic mass is 10.2. The van der Waals surface area contributed by atoms with Crippen molar-refractivity contribution in [1.29, 1.82) is 5.41 Å². The van der Waals surface area contributed by atoms with Crippen LogP contribution in [-0.2, 0) is 13.0 Å². The van der Waals surface area contributed by atoms with Crippen LogP contribution >= 0.6 is 0 Å². The summed E-state index contributed by atoms with van der Waals surface area (Å²) in [5.74, 6) is 2.35. The first-order chi connectivity index (χ1) is 10.7. The molecule has 2 aromatic rings. The van der Waals surface area contributed by atoms with Crippen LogP contribution in [0, 0.1) is 5.41 Å². The summed E-state index contributed by atoms with van der Waals surface area (Å²) in [7, 11) is 3.43. The van der Waals surface area contributed by atoms with Crippen LogP contribution in [0.3, 0.4) is 0 Å². The lowest BCUT2D eigenvalue weighted by molar-refractivity contribution is 0.416. The Morgan fingerprint density at radius 2 is 2.27 bits per heavy atom. The number of nitrogens with one attached hydrogen (secondary N) is 2. The molecular weight excluding hydrogens is 280 g/mol. The van der Waals surface area contributed by atoms with Gasteiger partial charge in [0, 0.05) is 31.8 Å². The van der Waals surface area contributed by atoms with Crippen molar-refractivity contribution in [3.63, 3.8) is 0 Å². The summed E-state index contributed by atoms with van der Waals surface area (Å²) in [6.07, 6.45) is 4.57. The molecule has 2 N–H and O–H groups in total. The van der Waals surface area contributed by atoms with E-state index in [1.54, 1.807) is 12.0 Å². The largest absolute Gasteiger partial charge is 0.494 e. The molecule has 0 spiro atoms. The minimum Gasteiger partial charge on any atom is -0.494 e. The van der Waals surface area contributed by atoms with Crippen LogP contribution in [0.5, 0.6) is 5.75 Å². The number of aromatic nitrogens is 3. The molecule has 0 fully saturated rings. The van der Waals surface area contributed by atoms with E-state index in [0.717, 1.165) is 36.6 Å². The number of hydrogen-bond acceptors (Lipinski definition) is 5. The summed E-state index contributed by atoms with van der Waals surface area (Å²) in [6.45, 7) is 0.941. The van der Waals surface area contributed by atoms with Gasteiger partial charge in [0.2, 0.25) is 5.95 Å². The Bertz CT molecular complexity index is 657. The second kappa shape index (κ2) is 6.05. The molecule has 7 heteroatoms. The van der Waals surface area contributed by atoms with E-state index in [1.807, 2.05) is 29.9 Å². The number of rotatable bonds is 5. The summed E-state index contributed by atoms with van der Waals surface area (Å²) in [5.41, 5.74) is 1.70. The first kappa shape index (κ1) is 14.4. The standard InChI is InChI=1S/C15H20N6O/c1-20(10-16)12-7-6-11(9-13(12)22-2)17-15-18-14-5-3-4-8-21(14)19-15/h6-7,9-10,16H,3-5,8H2,1-2H3,(H,17,19). The van der Waals surface area contributed by atoms with Crippen molar-refractivity contribution < 1.29 is 4.74 Å². The maximum atomic E-state index is 7.33. The summed E-state index contributed by atoms with van der Waals surface area (Å²) < 4.78 is 7.37. The number of aryl methyl sites for hydroxylation is 2. The van der Waals surface area contributed by atoms with E-state index < -0.39 is 0 Å². The van der Waals surface area contributed by atoms with Gasteiger partial charge in [-0.05, 0) is 25.0 Å². The van der Waals surface area contributed by atoms with Crippen molar-refractivity contribution in [3.05, 3.63) is 24.0 Å². The average molecular weight is 300 g/mol. The normalized spacial score (nSPS) is 13.4. The zero-order valence-corrected chi connectivity index (χ0v) is 12.8. The van der Waals surface area contributed by atoms with Crippen molar-refractivity contribution in [2.24, 2.45) is 0 Å². The van der Waals surface area contributed by atoms with E-state index >= 15 is 0 Å². The molecule has 22 heavy (non-hydrogen) atoms. The maximum Gasteiger partial charge on any atom is 0.246 e. The summed E-state index contributed by atoms with van der Waals surface area (Å²) >= 11 is 0. The molecule has 0 unspecified atom stereocenters. The zero-order chi connectivity index (χ0) is 15.5. The molecule has 0 aliphatic carbocycles. The molecule has 0 atom stereocenters. The van der Waals surface area contributed by atoms with Gasteiger partial charge in [0.05, 0.1) is 19.1 Å². The molecule has 3 rings (SSSR count). The summed E-state index contributed by atoms with van der Waals surface area (Å²) in [4.78, 5) is 6.22. The Balaban J connectivity index is 1.83. The predicted molar refractivity (Wildman–Crippen MR) is 86.4 cm³/mol. The molecule has 0 saturated carbocycles. The highest BCUT2D eigenvalue weighted by Gasteiger charge is 2.14. The number of benzene rings is 1. The van der Waals surface area contributed by atoms with E-state index in [4.69, 9.17) is 10.1 Å². The monoisotopic (exact) mass is 300 g/mol. The second-order valence-corrected chi connectivity index (χ2v) is 5.28. The number of anilines is 3. The van der Waals surface area contributed by atoms with Crippen LogP contribution in [0.1, 0.15) is 18.7 Å². The SMILES string of the molecule is COc1cc(Nc2nc3n(n2)CCCC3)ccc1N(C)C=N. The molecule has 1 aliphatic rings. The van der Waals surface area contributed by atoms with Crippen LogP contribution in [0.2, 0.25) is 0 Å². The highest BCUT2D eigenvalue weighted by atomic mass is 16.5. The highest BCUT2D eigenvalue weighted by molar-refractivity contribution is 5.81. The van der Waals surface area contributed by atoms with Gasteiger partial charge in [0.25, 0.3) is 0 Å². The van der Waals surface area contributed by atoms with Crippen LogP contribution in [0.25, 0.3) is 0 Å². The van der Waals surface area contributed by atoms with Gasteiger partial charge in [-0.2, -0.15) is 4.98 Å². The van der Waals surface area contributed by atoms with Gasteiger partial charge in [-0.1, -0.05) is 0 Å². The number of hydrogen-bond donors (Lipinski definition) is 2. The van der Waals surface area contributed by atoms with Gasteiger partial charge in [-0.3, -0.25) is 5.41 Å². The van der Waals surface area contributed by atoms with Crippen molar-refractivity contribution in [2.45, 2.75) is 25.8 Å². The topological polar surface area (TPSA) is 79.1 Å². The Hall–Kier alpha value is -2.57. The number of fused-ring (bicyclic) bond motifs is 1.